The van der Waals surface area contributed by atoms with Gasteiger partial charge in [0.1, 0.15) is 0 Å². The van der Waals surface area contributed by atoms with Crippen molar-refractivity contribution < 1.29 is 9.18 Å². The number of rotatable bonds is 1. The minimum absolute atomic E-state index is 0.0844. The first-order valence-corrected chi connectivity index (χ1v) is 6.20. The SMILES string of the molecule is CC1Cc2ccccc2N1C(=O)c1ccnc(F)c1. The number of nitrogens with zero attached hydrogens (tertiary/aromatic N) is 2. The summed E-state index contributed by atoms with van der Waals surface area (Å²) in [5.74, 6) is -0.815. The molecule has 96 valence electrons. The van der Waals surface area contributed by atoms with Crippen LogP contribution in [0.4, 0.5) is 10.1 Å². The van der Waals surface area contributed by atoms with Crippen molar-refractivity contribution in [2.75, 3.05) is 4.90 Å². The Morgan fingerprint density at radius 1 is 1.37 bits per heavy atom. The van der Waals surface area contributed by atoms with Crippen LogP contribution in [0.15, 0.2) is 42.6 Å². The highest BCUT2D eigenvalue weighted by molar-refractivity contribution is 6.07. The van der Waals surface area contributed by atoms with E-state index >= 15 is 0 Å². The molecule has 1 aromatic heterocycles. The standard InChI is InChI=1S/C15H13FN2O/c1-10-8-11-4-2-3-5-13(11)18(10)15(19)12-6-7-17-14(16)9-12/h2-7,9-10H,8H2,1H3. The van der Waals surface area contributed by atoms with Gasteiger partial charge in [-0.1, -0.05) is 18.2 Å². The highest BCUT2D eigenvalue weighted by Gasteiger charge is 2.31. The molecule has 1 atom stereocenters. The Labute approximate surface area is 110 Å². The molecule has 3 rings (SSSR count). The molecule has 0 fully saturated rings. The van der Waals surface area contributed by atoms with E-state index in [0.29, 0.717) is 5.56 Å². The van der Waals surface area contributed by atoms with Gasteiger partial charge in [0.2, 0.25) is 5.95 Å². The summed E-state index contributed by atoms with van der Waals surface area (Å²) in [7, 11) is 0. The molecular formula is C15H13FN2O. The average molecular weight is 256 g/mol. The zero-order valence-corrected chi connectivity index (χ0v) is 10.5. The zero-order chi connectivity index (χ0) is 13.4. The summed E-state index contributed by atoms with van der Waals surface area (Å²) in [4.78, 5) is 17.7. The Morgan fingerprint density at radius 3 is 2.95 bits per heavy atom. The van der Waals surface area contributed by atoms with Crippen molar-refractivity contribution in [3.8, 4) is 0 Å². The van der Waals surface area contributed by atoms with Gasteiger partial charge in [-0.05, 0) is 31.0 Å². The lowest BCUT2D eigenvalue weighted by molar-refractivity contribution is 0.0981. The second-order valence-electron chi connectivity index (χ2n) is 4.72. The second kappa shape index (κ2) is 4.46. The van der Waals surface area contributed by atoms with Crippen molar-refractivity contribution in [3.63, 3.8) is 0 Å². The number of amides is 1. The van der Waals surface area contributed by atoms with E-state index in [9.17, 15) is 9.18 Å². The molecular weight excluding hydrogens is 243 g/mol. The quantitative estimate of drug-likeness (QED) is 0.735. The van der Waals surface area contributed by atoms with Crippen molar-refractivity contribution in [1.82, 2.24) is 4.98 Å². The highest BCUT2D eigenvalue weighted by Crippen LogP contribution is 2.32. The molecule has 0 saturated heterocycles. The molecule has 0 bridgehead atoms. The lowest BCUT2D eigenvalue weighted by Crippen LogP contribution is -2.35. The van der Waals surface area contributed by atoms with Gasteiger partial charge in [0.15, 0.2) is 0 Å². The van der Waals surface area contributed by atoms with Crippen LogP contribution in [0.2, 0.25) is 0 Å². The summed E-state index contributed by atoms with van der Waals surface area (Å²) < 4.78 is 13.1. The van der Waals surface area contributed by atoms with Gasteiger partial charge in [-0.25, -0.2) is 4.98 Å². The van der Waals surface area contributed by atoms with E-state index in [1.165, 1.54) is 12.3 Å². The molecule has 0 aliphatic carbocycles. The van der Waals surface area contributed by atoms with Crippen LogP contribution in [0.25, 0.3) is 0 Å². The Balaban J connectivity index is 2.01. The van der Waals surface area contributed by atoms with Gasteiger partial charge >= 0.3 is 0 Å². The van der Waals surface area contributed by atoms with Crippen molar-refractivity contribution in [2.45, 2.75) is 19.4 Å². The van der Waals surface area contributed by atoms with Crippen molar-refractivity contribution in [2.24, 2.45) is 0 Å². The van der Waals surface area contributed by atoms with Gasteiger partial charge < -0.3 is 4.90 Å². The van der Waals surface area contributed by atoms with Crippen LogP contribution in [-0.4, -0.2) is 16.9 Å². The van der Waals surface area contributed by atoms with Gasteiger partial charge in [-0.2, -0.15) is 4.39 Å². The number of carbonyl (C=O) groups is 1. The Bertz CT molecular complexity index is 642. The molecule has 0 spiro atoms. The molecule has 4 heteroatoms. The smallest absolute Gasteiger partial charge is 0.258 e. The van der Waals surface area contributed by atoms with Gasteiger partial charge in [0.05, 0.1) is 0 Å². The van der Waals surface area contributed by atoms with E-state index in [2.05, 4.69) is 4.98 Å². The summed E-state index contributed by atoms with van der Waals surface area (Å²) >= 11 is 0. The number of pyridine rings is 1. The largest absolute Gasteiger partial charge is 0.305 e. The molecule has 2 aromatic rings. The second-order valence-corrected chi connectivity index (χ2v) is 4.72. The van der Waals surface area contributed by atoms with Gasteiger partial charge in [-0.15, -0.1) is 0 Å². The molecule has 19 heavy (non-hydrogen) atoms. The number of hydrogen-bond acceptors (Lipinski definition) is 2. The van der Waals surface area contributed by atoms with E-state index in [1.807, 2.05) is 31.2 Å². The number of fused-ring (bicyclic) bond motifs is 1. The number of benzene rings is 1. The average Bonchev–Trinajstić information content (AvgIpc) is 2.74. The summed E-state index contributed by atoms with van der Waals surface area (Å²) in [6.07, 6.45) is 2.14. The predicted molar refractivity (Wildman–Crippen MR) is 70.6 cm³/mol. The monoisotopic (exact) mass is 256 g/mol. The minimum Gasteiger partial charge on any atom is -0.305 e. The fourth-order valence-corrected chi connectivity index (χ4v) is 2.55. The van der Waals surface area contributed by atoms with Gasteiger partial charge in [-0.3, -0.25) is 4.79 Å². The lowest BCUT2D eigenvalue weighted by Gasteiger charge is -2.22. The number of halogens is 1. The number of carbonyl (C=O) groups excluding carboxylic acids is 1. The highest BCUT2D eigenvalue weighted by atomic mass is 19.1. The summed E-state index contributed by atoms with van der Waals surface area (Å²) in [6, 6.07) is 10.6. The number of para-hydroxylation sites is 1. The third-order valence-electron chi connectivity index (χ3n) is 3.40. The lowest BCUT2D eigenvalue weighted by atomic mass is 10.1. The van der Waals surface area contributed by atoms with Crippen LogP contribution < -0.4 is 4.90 Å². The Morgan fingerprint density at radius 2 is 2.16 bits per heavy atom. The maximum atomic E-state index is 13.1. The van der Waals surface area contributed by atoms with E-state index in [1.54, 1.807) is 11.0 Å². The molecule has 1 aliphatic rings. The van der Waals surface area contributed by atoms with Crippen LogP contribution in [0, 0.1) is 5.95 Å². The summed E-state index contributed by atoms with van der Waals surface area (Å²) in [5, 5.41) is 0. The van der Waals surface area contributed by atoms with Crippen LogP contribution >= 0.6 is 0 Å². The first-order chi connectivity index (χ1) is 9.16. The van der Waals surface area contributed by atoms with Gasteiger partial charge in [0, 0.05) is 29.6 Å². The number of aromatic nitrogens is 1. The molecule has 3 nitrogen and oxygen atoms in total. The Hall–Kier alpha value is -2.23. The first kappa shape index (κ1) is 11.8. The maximum absolute atomic E-state index is 13.1. The topological polar surface area (TPSA) is 33.2 Å². The predicted octanol–water partition coefficient (Wildman–Crippen LogP) is 2.81. The number of anilines is 1. The Kier molecular flexibility index (Phi) is 2.78. The van der Waals surface area contributed by atoms with Crippen molar-refractivity contribution in [1.29, 1.82) is 0 Å². The maximum Gasteiger partial charge on any atom is 0.258 e. The fraction of sp³-hybridized carbons (Fsp3) is 0.200. The van der Waals surface area contributed by atoms with Crippen LogP contribution in [0.3, 0.4) is 0 Å². The third kappa shape index (κ3) is 1.99. The molecule has 1 amide bonds. The molecule has 0 radical (unpaired) electrons. The molecule has 1 unspecified atom stereocenters. The van der Waals surface area contributed by atoms with Crippen molar-refractivity contribution in [3.05, 3.63) is 59.7 Å². The van der Waals surface area contributed by atoms with Crippen LogP contribution in [-0.2, 0) is 6.42 Å². The number of hydrogen-bond donors (Lipinski definition) is 0. The molecule has 1 aliphatic heterocycles. The minimum atomic E-state index is -0.633. The van der Waals surface area contributed by atoms with Crippen LogP contribution in [0.5, 0.6) is 0 Å². The molecule has 0 N–H and O–H groups in total. The molecule has 2 heterocycles. The normalized spacial score (nSPS) is 17.4. The molecule has 0 saturated carbocycles. The van der Waals surface area contributed by atoms with E-state index < -0.39 is 5.95 Å². The van der Waals surface area contributed by atoms with Crippen molar-refractivity contribution >= 4 is 11.6 Å². The van der Waals surface area contributed by atoms with Gasteiger partial charge in [0.25, 0.3) is 5.91 Å². The third-order valence-corrected chi connectivity index (χ3v) is 3.40. The van der Waals surface area contributed by atoms with E-state index in [4.69, 9.17) is 0 Å². The summed E-state index contributed by atoms with van der Waals surface area (Å²) in [6.45, 7) is 2.00. The summed E-state index contributed by atoms with van der Waals surface area (Å²) in [5.41, 5.74) is 2.39. The zero-order valence-electron chi connectivity index (χ0n) is 10.5. The van der Waals surface area contributed by atoms with Crippen LogP contribution in [0.1, 0.15) is 22.8 Å². The molecule has 1 aromatic carbocycles. The van der Waals surface area contributed by atoms with E-state index in [0.717, 1.165) is 17.7 Å². The fourth-order valence-electron chi connectivity index (χ4n) is 2.55. The van der Waals surface area contributed by atoms with E-state index in [-0.39, 0.29) is 11.9 Å². The first-order valence-electron chi connectivity index (χ1n) is 6.20.